The summed E-state index contributed by atoms with van der Waals surface area (Å²) >= 11 is 1.61. The molecule has 31 heavy (non-hydrogen) atoms. The molecule has 1 aliphatic carbocycles. The van der Waals surface area contributed by atoms with Gasteiger partial charge >= 0.3 is 6.03 Å². The molecule has 1 atom stereocenters. The van der Waals surface area contributed by atoms with E-state index in [2.05, 4.69) is 18.3 Å². The predicted molar refractivity (Wildman–Crippen MR) is 125 cm³/mol. The van der Waals surface area contributed by atoms with Crippen LogP contribution in [0.5, 0.6) is 0 Å². The molecule has 2 saturated heterocycles. The minimum Gasteiger partial charge on any atom is -0.338 e. The number of allylic oxidation sites excluding steroid dienone is 1. The molecule has 3 aliphatic rings. The molecule has 4 rings (SSSR count). The van der Waals surface area contributed by atoms with Gasteiger partial charge in [0.1, 0.15) is 5.69 Å². The fourth-order valence-corrected chi connectivity index (χ4v) is 5.99. The first-order valence-electron chi connectivity index (χ1n) is 12.1. The summed E-state index contributed by atoms with van der Waals surface area (Å²) in [5, 5.41) is 6.08. The van der Waals surface area contributed by atoms with E-state index < -0.39 is 0 Å². The van der Waals surface area contributed by atoms with E-state index in [4.69, 9.17) is 4.98 Å². The number of carbonyl (C=O) groups excluding carboxylic acids is 2. The Morgan fingerprint density at radius 1 is 1.13 bits per heavy atom. The number of hydrogen-bond donors (Lipinski definition) is 1. The lowest BCUT2D eigenvalue weighted by Gasteiger charge is -2.33. The van der Waals surface area contributed by atoms with E-state index in [1.165, 1.54) is 37.7 Å². The Morgan fingerprint density at radius 3 is 2.71 bits per heavy atom. The topological polar surface area (TPSA) is 65.5 Å². The highest BCUT2D eigenvalue weighted by Crippen LogP contribution is 2.31. The molecular weight excluding hydrogens is 408 g/mol. The summed E-state index contributed by atoms with van der Waals surface area (Å²) in [7, 11) is 0. The van der Waals surface area contributed by atoms with Gasteiger partial charge in [-0.25, -0.2) is 9.78 Å². The highest BCUT2D eigenvalue weighted by Gasteiger charge is 2.29. The van der Waals surface area contributed by atoms with Crippen molar-refractivity contribution < 1.29 is 9.59 Å². The molecule has 0 spiro atoms. The van der Waals surface area contributed by atoms with Gasteiger partial charge in [0.15, 0.2) is 0 Å². The van der Waals surface area contributed by atoms with Crippen molar-refractivity contribution >= 4 is 23.3 Å². The number of amides is 3. The fraction of sp³-hybridized carbons (Fsp3) is 0.708. The summed E-state index contributed by atoms with van der Waals surface area (Å²) in [4.78, 5) is 34.0. The molecule has 0 radical (unpaired) electrons. The molecule has 3 amide bonds. The van der Waals surface area contributed by atoms with E-state index in [1.54, 1.807) is 11.3 Å². The largest absolute Gasteiger partial charge is 0.338 e. The maximum atomic E-state index is 12.9. The van der Waals surface area contributed by atoms with E-state index in [0.717, 1.165) is 63.3 Å². The molecule has 1 aromatic rings. The molecule has 170 valence electrons. The Bertz CT molecular complexity index is 797. The zero-order chi connectivity index (χ0) is 21.6. The van der Waals surface area contributed by atoms with Crippen LogP contribution in [0.2, 0.25) is 0 Å². The molecule has 2 aliphatic heterocycles. The standard InChI is InChI=1S/C24H36N4O2S/c1-18-7-5-6-14-28(18)23(29)21-17-31-22(26-21)20-11-15-27(16-12-20)24(30)25-13-10-19-8-3-2-4-9-19/h8,17-18,20H,2-7,9-16H2,1H3,(H,25,30). The summed E-state index contributed by atoms with van der Waals surface area (Å²) in [6.45, 7) is 5.22. The van der Waals surface area contributed by atoms with Crippen molar-refractivity contribution in [2.24, 2.45) is 0 Å². The first-order chi connectivity index (χ1) is 15.1. The second-order valence-corrected chi connectivity index (χ2v) is 10.2. The monoisotopic (exact) mass is 444 g/mol. The van der Waals surface area contributed by atoms with Crippen LogP contribution in [0.4, 0.5) is 4.79 Å². The van der Waals surface area contributed by atoms with Crippen molar-refractivity contribution in [2.75, 3.05) is 26.2 Å². The second kappa shape index (κ2) is 10.6. The quantitative estimate of drug-likeness (QED) is 0.655. The van der Waals surface area contributed by atoms with Gasteiger partial charge in [0.25, 0.3) is 5.91 Å². The lowest BCUT2D eigenvalue weighted by Crippen LogP contribution is -2.44. The van der Waals surface area contributed by atoms with Crippen molar-refractivity contribution in [1.29, 1.82) is 0 Å². The number of hydrogen-bond acceptors (Lipinski definition) is 4. The predicted octanol–water partition coefficient (Wildman–Crippen LogP) is 4.94. The van der Waals surface area contributed by atoms with Crippen LogP contribution in [-0.2, 0) is 0 Å². The van der Waals surface area contributed by atoms with Gasteiger partial charge in [-0.3, -0.25) is 4.79 Å². The Hall–Kier alpha value is -1.89. The molecule has 2 fully saturated rings. The maximum Gasteiger partial charge on any atom is 0.317 e. The fourth-order valence-electron chi connectivity index (χ4n) is 5.02. The molecule has 1 N–H and O–H groups in total. The number of nitrogens with one attached hydrogen (secondary N) is 1. The molecule has 0 saturated carbocycles. The van der Waals surface area contributed by atoms with Gasteiger partial charge in [-0.05, 0) is 71.1 Å². The average molecular weight is 445 g/mol. The third kappa shape index (κ3) is 5.68. The number of piperidine rings is 2. The number of carbonyl (C=O) groups is 2. The Morgan fingerprint density at radius 2 is 1.97 bits per heavy atom. The molecule has 1 unspecified atom stereocenters. The van der Waals surface area contributed by atoms with Crippen LogP contribution < -0.4 is 5.32 Å². The Balaban J connectivity index is 1.23. The maximum absolute atomic E-state index is 12.9. The van der Waals surface area contributed by atoms with Crippen LogP contribution >= 0.6 is 11.3 Å². The van der Waals surface area contributed by atoms with Crippen molar-refractivity contribution in [3.8, 4) is 0 Å². The van der Waals surface area contributed by atoms with E-state index >= 15 is 0 Å². The van der Waals surface area contributed by atoms with Gasteiger partial charge in [-0.2, -0.15) is 0 Å². The van der Waals surface area contributed by atoms with Gasteiger partial charge in [-0.1, -0.05) is 11.6 Å². The van der Waals surface area contributed by atoms with E-state index in [9.17, 15) is 9.59 Å². The van der Waals surface area contributed by atoms with Gasteiger partial charge in [0, 0.05) is 43.5 Å². The molecule has 7 heteroatoms. The highest BCUT2D eigenvalue weighted by molar-refractivity contribution is 7.09. The highest BCUT2D eigenvalue weighted by atomic mass is 32.1. The van der Waals surface area contributed by atoms with Gasteiger partial charge in [0.05, 0.1) is 5.01 Å². The zero-order valence-corrected chi connectivity index (χ0v) is 19.6. The Labute approximate surface area is 190 Å². The summed E-state index contributed by atoms with van der Waals surface area (Å²) < 4.78 is 0. The third-order valence-electron chi connectivity index (χ3n) is 7.04. The molecule has 1 aromatic heterocycles. The SMILES string of the molecule is CC1CCCCN1C(=O)c1csc(C2CCN(C(=O)NCCC3=CCCCC3)CC2)n1. The molecule has 3 heterocycles. The zero-order valence-electron chi connectivity index (χ0n) is 18.8. The number of nitrogens with zero attached hydrogens (tertiary/aromatic N) is 3. The van der Waals surface area contributed by atoms with Gasteiger partial charge < -0.3 is 15.1 Å². The van der Waals surface area contributed by atoms with Crippen LogP contribution in [0.1, 0.15) is 92.5 Å². The van der Waals surface area contributed by atoms with Crippen LogP contribution in [0.3, 0.4) is 0 Å². The number of urea groups is 1. The average Bonchev–Trinajstić information content (AvgIpc) is 3.30. The number of rotatable bonds is 5. The van der Waals surface area contributed by atoms with E-state index in [0.29, 0.717) is 17.7 Å². The first-order valence-corrected chi connectivity index (χ1v) is 13.0. The van der Waals surface area contributed by atoms with E-state index in [-0.39, 0.29) is 11.9 Å². The minimum absolute atomic E-state index is 0.0592. The number of thiazole rings is 1. The molecule has 0 bridgehead atoms. The number of aromatic nitrogens is 1. The normalized spacial score (nSPS) is 22.9. The summed E-state index contributed by atoms with van der Waals surface area (Å²) in [5.74, 6) is 0.432. The molecular formula is C24H36N4O2S. The van der Waals surface area contributed by atoms with Crippen molar-refractivity contribution in [3.05, 3.63) is 27.7 Å². The summed E-state index contributed by atoms with van der Waals surface area (Å²) in [6.07, 6.45) is 13.5. The summed E-state index contributed by atoms with van der Waals surface area (Å²) in [6, 6.07) is 0.367. The Kier molecular flexibility index (Phi) is 7.64. The van der Waals surface area contributed by atoms with Crippen molar-refractivity contribution in [2.45, 2.75) is 83.1 Å². The van der Waals surface area contributed by atoms with Crippen LogP contribution in [0.15, 0.2) is 17.0 Å². The third-order valence-corrected chi connectivity index (χ3v) is 8.05. The van der Waals surface area contributed by atoms with Crippen LogP contribution in [0.25, 0.3) is 0 Å². The number of likely N-dealkylation sites (tertiary alicyclic amines) is 2. The van der Waals surface area contributed by atoms with E-state index in [1.807, 2.05) is 15.2 Å². The smallest absolute Gasteiger partial charge is 0.317 e. The van der Waals surface area contributed by atoms with Gasteiger partial charge in [-0.15, -0.1) is 11.3 Å². The van der Waals surface area contributed by atoms with Crippen molar-refractivity contribution in [3.63, 3.8) is 0 Å². The van der Waals surface area contributed by atoms with Gasteiger partial charge in [0.2, 0.25) is 0 Å². The lowest BCUT2D eigenvalue weighted by atomic mass is 9.97. The summed E-state index contributed by atoms with van der Waals surface area (Å²) in [5.41, 5.74) is 2.10. The molecule has 6 nitrogen and oxygen atoms in total. The lowest BCUT2D eigenvalue weighted by molar-refractivity contribution is 0.0630. The van der Waals surface area contributed by atoms with Crippen LogP contribution in [0, 0.1) is 0 Å². The van der Waals surface area contributed by atoms with Crippen molar-refractivity contribution in [1.82, 2.24) is 20.1 Å². The molecule has 0 aromatic carbocycles. The first kappa shape index (κ1) is 22.3. The second-order valence-electron chi connectivity index (χ2n) is 9.27. The minimum atomic E-state index is 0.0592. The van der Waals surface area contributed by atoms with Crippen LogP contribution in [-0.4, -0.2) is 58.9 Å².